The van der Waals surface area contributed by atoms with Crippen molar-refractivity contribution in [3.8, 4) is 0 Å². The molecule has 4 nitrogen and oxygen atoms in total. The zero-order valence-corrected chi connectivity index (χ0v) is 36.9. The normalized spacial score (nSPS) is 30.4. The number of amides is 1. The molecule has 0 heterocycles. The summed E-state index contributed by atoms with van der Waals surface area (Å²) in [4.78, 5) is 15.1. The fourth-order valence-corrected chi connectivity index (χ4v) is 14.1. The van der Waals surface area contributed by atoms with Crippen molar-refractivity contribution in [2.24, 2.45) is 57.8 Å². The SMILES string of the molecule is CC(C)CCC[C@@H](C)[C@H]1CC[C@H]2[C@@H]3CC=C4C[C@@H](SSCCCCC(=O)N(CCCN)CCCCCCCCN)CC[C@]4(C)[C@H]3CC[C@]12C.Cl.Cl. The minimum Gasteiger partial charge on any atom is -0.343 e. The fourth-order valence-electron chi connectivity index (χ4n) is 11.3. The molecule has 8 atom stereocenters. The molecule has 0 saturated heterocycles. The van der Waals surface area contributed by atoms with Crippen LogP contribution in [0.3, 0.4) is 0 Å². The Labute approximate surface area is 336 Å². The monoisotopic (exact) mass is 790 g/mol. The van der Waals surface area contributed by atoms with Crippen LogP contribution in [0.5, 0.6) is 0 Å². The number of rotatable bonds is 23. The maximum absolute atomic E-state index is 13.0. The van der Waals surface area contributed by atoms with Crippen LogP contribution in [0, 0.1) is 46.3 Å². The van der Waals surface area contributed by atoms with Gasteiger partial charge in [-0.3, -0.25) is 4.79 Å². The summed E-state index contributed by atoms with van der Waals surface area (Å²) < 4.78 is 0. The number of unbranched alkanes of at least 4 members (excludes halogenated alkanes) is 6. The van der Waals surface area contributed by atoms with Crippen molar-refractivity contribution >= 4 is 52.3 Å². The van der Waals surface area contributed by atoms with Crippen molar-refractivity contribution in [2.75, 3.05) is 31.9 Å². The average molecular weight is 791 g/mol. The van der Waals surface area contributed by atoms with Crippen LogP contribution in [0.4, 0.5) is 0 Å². The van der Waals surface area contributed by atoms with Crippen molar-refractivity contribution in [2.45, 2.75) is 175 Å². The number of halogens is 2. The van der Waals surface area contributed by atoms with E-state index in [9.17, 15) is 4.79 Å². The first-order valence-electron chi connectivity index (χ1n) is 21.3. The van der Waals surface area contributed by atoms with Gasteiger partial charge < -0.3 is 16.4 Å². The zero-order valence-electron chi connectivity index (χ0n) is 33.6. The van der Waals surface area contributed by atoms with E-state index in [-0.39, 0.29) is 24.8 Å². The Bertz CT molecular complexity index is 1020. The van der Waals surface area contributed by atoms with Gasteiger partial charge in [-0.25, -0.2) is 0 Å². The highest BCUT2D eigenvalue weighted by Gasteiger charge is 2.59. The Morgan fingerprint density at radius 1 is 0.824 bits per heavy atom. The van der Waals surface area contributed by atoms with Gasteiger partial charge in [0, 0.05) is 30.5 Å². The van der Waals surface area contributed by atoms with Gasteiger partial charge >= 0.3 is 0 Å². The molecular formula is C43H81Cl2N3OS2. The molecule has 8 heteroatoms. The average Bonchev–Trinajstić information content (AvgIpc) is 3.44. The number of allylic oxidation sites excluding steroid dienone is 2. The lowest BCUT2D eigenvalue weighted by Gasteiger charge is -2.58. The van der Waals surface area contributed by atoms with Gasteiger partial charge in [0.05, 0.1) is 0 Å². The predicted octanol–water partition coefficient (Wildman–Crippen LogP) is 12.3. The van der Waals surface area contributed by atoms with Crippen molar-refractivity contribution in [3.05, 3.63) is 11.6 Å². The summed E-state index contributed by atoms with van der Waals surface area (Å²) >= 11 is 0. The number of fused-ring (bicyclic) bond motifs is 5. The molecule has 0 unspecified atom stereocenters. The van der Waals surface area contributed by atoms with Gasteiger partial charge in [0.1, 0.15) is 0 Å². The van der Waals surface area contributed by atoms with Gasteiger partial charge in [-0.1, -0.05) is 113 Å². The van der Waals surface area contributed by atoms with E-state index < -0.39 is 0 Å². The molecule has 0 spiro atoms. The molecule has 4 rings (SSSR count). The molecule has 4 aliphatic rings. The van der Waals surface area contributed by atoms with E-state index in [1.54, 1.807) is 0 Å². The molecule has 3 fully saturated rings. The van der Waals surface area contributed by atoms with E-state index in [1.807, 2.05) is 5.57 Å². The highest BCUT2D eigenvalue weighted by atomic mass is 35.5. The molecule has 51 heavy (non-hydrogen) atoms. The first kappa shape index (κ1) is 47.6. The maximum atomic E-state index is 13.0. The minimum absolute atomic E-state index is 0. The number of nitrogens with zero attached hydrogens (tertiary/aromatic N) is 1. The molecule has 4 N–H and O–H groups in total. The molecular weight excluding hydrogens is 710 g/mol. The molecule has 0 aromatic carbocycles. The molecule has 0 aromatic rings. The second kappa shape index (κ2) is 24.1. The van der Waals surface area contributed by atoms with E-state index in [0.29, 0.717) is 29.7 Å². The van der Waals surface area contributed by atoms with Crippen LogP contribution in [0.15, 0.2) is 11.6 Å². The standard InChI is InChI=1S/C43H79N3OS2.2ClH/c1-33(2)16-14-17-34(3)38-21-22-39-37-20-19-35-32-36(23-25-42(35,4)40(37)24-26-43(38,39)5)49-48-31-13-10-18-41(47)46(30-15-28-45)29-12-9-7-6-8-11-27-44;;/h19,33-34,36-40H,6-18,20-32,44-45H2,1-5H3;2*1H/t34-,36+,37+,38-,39+,40+,42+,43-;;/m1../s1. The second-order valence-corrected chi connectivity index (χ2v) is 20.8. The quantitative estimate of drug-likeness (QED) is 0.0613. The maximum Gasteiger partial charge on any atom is 0.222 e. The highest BCUT2D eigenvalue weighted by Crippen LogP contribution is 2.67. The topological polar surface area (TPSA) is 72.3 Å². The molecule has 0 radical (unpaired) electrons. The number of nitrogens with two attached hydrogens (primary N) is 2. The van der Waals surface area contributed by atoms with Gasteiger partial charge in [-0.05, 0) is 143 Å². The largest absolute Gasteiger partial charge is 0.343 e. The Morgan fingerprint density at radius 2 is 1.53 bits per heavy atom. The lowest BCUT2D eigenvalue weighted by Crippen LogP contribution is -2.50. The van der Waals surface area contributed by atoms with E-state index in [1.165, 1.54) is 102 Å². The lowest BCUT2D eigenvalue weighted by molar-refractivity contribution is -0.131. The Hall–Kier alpha value is 0.410. The predicted molar refractivity (Wildman–Crippen MR) is 232 cm³/mol. The summed E-state index contributed by atoms with van der Waals surface area (Å²) in [5.74, 6) is 7.01. The fraction of sp³-hybridized carbons (Fsp3) is 0.930. The third kappa shape index (κ3) is 13.3. The van der Waals surface area contributed by atoms with Crippen LogP contribution in [-0.2, 0) is 4.79 Å². The Balaban J connectivity index is 0.00000451. The van der Waals surface area contributed by atoms with Gasteiger partial charge in [-0.15, -0.1) is 24.8 Å². The highest BCUT2D eigenvalue weighted by molar-refractivity contribution is 8.76. The zero-order chi connectivity index (χ0) is 35.3. The molecule has 0 aliphatic heterocycles. The van der Waals surface area contributed by atoms with Crippen molar-refractivity contribution in [1.29, 1.82) is 0 Å². The molecule has 1 amide bonds. The molecule has 0 bridgehead atoms. The van der Waals surface area contributed by atoms with Crippen molar-refractivity contribution in [3.63, 3.8) is 0 Å². The molecule has 3 saturated carbocycles. The summed E-state index contributed by atoms with van der Waals surface area (Å²) in [5, 5.41) is 0.765. The van der Waals surface area contributed by atoms with Gasteiger partial charge in [0.15, 0.2) is 0 Å². The number of carbonyl (C=O) groups is 1. The van der Waals surface area contributed by atoms with Crippen LogP contribution >= 0.6 is 46.4 Å². The smallest absolute Gasteiger partial charge is 0.222 e. The molecule has 300 valence electrons. The summed E-state index contributed by atoms with van der Waals surface area (Å²) in [5.41, 5.74) is 14.3. The van der Waals surface area contributed by atoms with E-state index in [4.69, 9.17) is 11.5 Å². The van der Waals surface area contributed by atoms with Crippen LogP contribution in [0.25, 0.3) is 0 Å². The number of carbonyl (C=O) groups excluding carboxylic acids is 1. The number of hydrogen-bond donors (Lipinski definition) is 2. The molecule has 0 aromatic heterocycles. The van der Waals surface area contributed by atoms with Crippen LogP contribution < -0.4 is 11.5 Å². The molecule has 4 aliphatic carbocycles. The van der Waals surface area contributed by atoms with Crippen LogP contribution in [-0.4, -0.2) is 48.0 Å². The van der Waals surface area contributed by atoms with E-state index in [2.05, 4.69) is 67.2 Å². The van der Waals surface area contributed by atoms with Crippen LogP contribution in [0.2, 0.25) is 0 Å². The van der Waals surface area contributed by atoms with E-state index >= 15 is 0 Å². The first-order chi connectivity index (χ1) is 23.6. The van der Waals surface area contributed by atoms with Crippen molar-refractivity contribution in [1.82, 2.24) is 4.90 Å². The third-order valence-corrected chi connectivity index (χ3v) is 17.2. The minimum atomic E-state index is 0. The second-order valence-electron chi connectivity index (χ2n) is 18.0. The summed E-state index contributed by atoms with van der Waals surface area (Å²) in [6.45, 7) is 16.0. The van der Waals surface area contributed by atoms with Gasteiger partial charge in [0.25, 0.3) is 0 Å². The van der Waals surface area contributed by atoms with E-state index in [0.717, 1.165) is 92.5 Å². The third-order valence-electron chi connectivity index (χ3n) is 14.2. The van der Waals surface area contributed by atoms with Crippen LogP contribution in [0.1, 0.15) is 169 Å². The summed E-state index contributed by atoms with van der Waals surface area (Å²) in [6, 6.07) is 0. The van der Waals surface area contributed by atoms with Gasteiger partial charge in [-0.2, -0.15) is 0 Å². The number of hydrogen-bond acceptors (Lipinski definition) is 5. The Morgan fingerprint density at radius 3 is 2.25 bits per heavy atom. The summed E-state index contributed by atoms with van der Waals surface area (Å²) in [6.07, 6.45) is 29.4. The Kier molecular flexibility index (Phi) is 22.5. The van der Waals surface area contributed by atoms with Gasteiger partial charge in [0.2, 0.25) is 5.91 Å². The first-order valence-corrected chi connectivity index (χ1v) is 23.7. The lowest BCUT2D eigenvalue weighted by atomic mass is 9.47. The summed E-state index contributed by atoms with van der Waals surface area (Å²) in [7, 11) is 4.25. The van der Waals surface area contributed by atoms with Crippen molar-refractivity contribution < 1.29 is 4.79 Å².